The number of para-hydroxylation sites is 1. The molecule has 2 N–H and O–H groups in total. The van der Waals surface area contributed by atoms with Crippen molar-refractivity contribution < 1.29 is 28.9 Å². The minimum absolute atomic E-state index is 0.158. The summed E-state index contributed by atoms with van der Waals surface area (Å²) >= 11 is 0. The van der Waals surface area contributed by atoms with Crippen molar-refractivity contribution in [3.05, 3.63) is 30.1 Å². The van der Waals surface area contributed by atoms with Crippen molar-refractivity contribution in [2.75, 3.05) is 31.5 Å². The van der Waals surface area contributed by atoms with Gasteiger partial charge in [0.25, 0.3) is 5.91 Å². The number of nitrogens with one attached hydrogen (secondary N) is 1. The van der Waals surface area contributed by atoms with E-state index in [4.69, 9.17) is 19.2 Å². The fraction of sp³-hybridized carbons (Fsp3) is 0.455. The molecule has 0 aliphatic heterocycles. The van der Waals surface area contributed by atoms with Gasteiger partial charge in [0.05, 0.1) is 23.2 Å². The van der Waals surface area contributed by atoms with Gasteiger partial charge >= 0.3 is 5.97 Å². The molecular formula is C22H29N4O6P. The average molecular weight is 476 g/mol. The van der Waals surface area contributed by atoms with Crippen molar-refractivity contribution in [1.29, 1.82) is 0 Å². The molecule has 0 spiro atoms. The molecule has 178 valence electrons. The van der Waals surface area contributed by atoms with E-state index in [0.29, 0.717) is 23.5 Å². The van der Waals surface area contributed by atoms with E-state index in [-0.39, 0.29) is 38.5 Å². The van der Waals surface area contributed by atoms with Crippen LogP contribution in [0.5, 0.6) is 0 Å². The highest BCUT2D eigenvalue weighted by Gasteiger charge is 2.23. The molecule has 11 heteroatoms. The third-order valence-corrected chi connectivity index (χ3v) is 4.76. The molecule has 3 rings (SSSR count). The molecule has 0 aliphatic rings. The lowest BCUT2D eigenvalue weighted by atomic mass is 10.1. The first-order valence-electron chi connectivity index (χ1n) is 10.5. The number of hydrogen-bond acceptors (Lipinski definition) is 8. The predicted octanol–water partition coefficient (Wildman–Crippen LogP) is 2.22. The van der Waals surface area contributed by atoms with Crippen LogP contribution in [0.25, 0.3) is 21.9 Å². The summed E-state index contributed by atoms with van der Waals surface area (Å²) in [7, 11) is 2.26. The normalized spacial score (nSPS) is 11.8. The lowest BCUT2D eigenvalue weighted by molar-refractivity contribution is -0.147. The van der Waals surface area contributed by atoms with E-state index in [2.05, 4.69) is 19.5 Å². The molecule has 0 bridgehead atoms. The molecule has 33 heavy (non-hydrogen) atoms. The van der Waals surface area contributed by atoms with Gasteiger partial charge in [0, 0.05) is 12.0 Å². The number of imidazole rings is 1. The Balaban J connectivity index is 2.00. The highest BCUT2D eigenvalue weighted by molar-refractivity contribution is 7.16. The van der Waals surface area contributed by atoms with Crippen molar-refractivity contribution in [3.8, 4) is 0 Å². The Hall–Kier alpha value is -2.65. The predicted molar refractivity (Wildman–Crippen MR) is 127 cm³/mol. The molecule has 0 saturated carbocycles. The highest BCUT2D eigenvalue weighted by atomic mass is 31.0. The van der Waals surface area contributed by atoms with Crippen LogP contribution in [-0.4, -0.2) is 63.3 Å². The zero-order chi connectivity index (χ0) is 24.0. The summed E-state index contributed by atoms with van der Waals surface area (Å²) in [6.07, 6.45) is 0.158. The van der Waals surface area contributed by atoms with Crippen molar-refractivity contribution in [2.24, 2.45) is 0 Å². The Labute approximate surface area is 193 Å². The molecule has 2 heterocycles. The van der Waals surface area contributed by atoms with Gasteiger partial charge in [-0.25, -0.2) is 14.8 Å². The Kier molecular flexibility index (Phi) is 8.31. The Morgan fingerprint density at radius 2 is 1.94 bits per heavy atom. The average Bonchev–Trinajstić information content (AvgIpc) is 3.09. The molecule has 1 atom stereocenters. The van der Waals surface area contributed by atoms with E-state index in [1.54, 1.807) is 13.8 Å². The van der Waals surface area contributed by atoms with Crippen molar-refractivity contribution in [2.45, 2.75) is 39.5 Å². The van der Waals surface area contributed by atoms with E-state index in [9.17, 15) is 14.7 Å². The fourth-order valence-electron chi connectivity index (χ4n) is 3.36. The second-order valence-electron chi connectivity index (χ2n) is 7.96. The zero-order valence-electron chi connectivity index (χ0n) is 19.0. The number of hydrogen-bond donors (Lipinski definition) is 2. The van der Waals surface area contributed by atoms with Crippen LogP contribution in [0.3, 0.4) is 0 Å². The number of esters is 1. The largest absolute Gasteiger partial charge is 0.460 e. The number of fused-ring (bicyclic) bond motifs is 3. The Morgan fingerprint density at radius 3 is 2.64 bits per heavy atom. The first-order chi connectivity index (χ1) is 15.7. The van der Waals surface area contributed by atoms with Crippen molar-refractivity contribution in [1.82, 2.24) is 14.5 Å². The number of carbonyl (C=O) groups excluding carboxylic acids is 2. The van der Waals surface area contributed by atoms with Crippen LogP contribution < -0.4 is 5.32 Å². The fourth-order valence-corrected chi connectivity index (χ4v) is 3.55. The zero-order valence-corrected chi connectivity index (χ0v) is 20.1. The molecule has 1 unspecified atom stereocenters. The van der Waals surface area contributed by atoms with Gasteiger partial charge in [-0.15, -0.1) is 0 Å². The van der Waals surface area contributed by atoms with Crippen molar-refractivity contribution >= 4 is 48.9 Å². The second-order valence-corrected chi connectivity index (χ2v) is 8.30. The first-order valence-corrected chi connectivity index (χ1v) is 11.4. The van der Waals surface area contributed by atoms with Gasteiger partial charge in [0.2, 0.25) is 0 Å². The molecule has 2 aromatic heterocycles. The highest BCUT2D eigenvalue weighted by Crippen LogP contribution is 2.31. The van der Waals surface area contributed by atoms with Crippen LogP contribution in [0.15, 0.2) is 24.3 Å². The van der Waals surface area contributed by atoms with Crippen LogP contribution in [0.1, 0.15) is 26.6 Å². The molecule has 1 amide bonds. The summed E-state index contributed by atoms with van der Waals surface area (Å²) in [5.41, 5.74) is 0.855. The number of rotatable bonds is 11. The molecule has 10 nitrogen and oxygen atoms in total. The van der Waals surface area contributed by atoms with Gasteiger partial charge in [-0.2, -0.15) is 0 Å². The van der Waals surface area contributed by atoms with E-state index >= 15 is 0 Å². The number of ether oxygens (including phenoxy) is 3. The van der Waals surface area contributed by atoms with Gasteiger partial charge in [0.15, 0.2) is 5.82 Å². The molecule has 3 aromatic rings. The van der Waals surface area contributed by atoms with Crippen LogP contribution in [0, 0.1) is 0 Å². The van der Waals surface area contributed by atoms with Crippen LogP contribution in [0.4, 0.5) is 5.82 Å². The van der Waals surface area contributed by atoms with Crippen molar-refractivity contribution in [3.63, 3.8) is 0 Å². The Bertz CT molecular complexity index is 1140. The van der Waals surface area contributed by atoms with Crippen LogP contribution in [0.2, 0.25) is 0 Å². The third kappa shape index (κ3) is 6.45. The lowest BCUT2D eigenvalue weighted by Crippen LogP contribution is -2.27. The van der Waals surface area contributed by atoms with Gasteiger partial charge in [-0.05, 0) is 26.8 Å². The van der Waals surface area contributed by atoms with Gasteiger partial charge in [-0.1, -0.05) is 27.4 Å². The Morgan fingerprint density at radius 1 is 1.18 bits per heavy atom. The molecule has 0 radical (unpaired) electrons. The molecular weight excluding hydrogens is 447 g/mol. The summed E-state index contributed by atoms with van der Waals surface area (Å²) in [5.74, 6) is -0.174. The summed E-state index contributed by atoms with van der Waals surface area (Å²) < 4.78 is 17.4. The summed E-state index contributed by atoms with van der Waals surface area (Å²) in [6, 6.07) is 7.51. The molecule has 0 fully saturated rings. The van der Waals surface area contributed by atoms with Crippen LogP contribution >= 0.6 is 9.24 Å². The monoisotopic (exact) mass is 476 g/mol. The maximum Gasteiger partial charge on any atom is 0.332 e. The van der Waals surface area contributed by atoms with E-state index in [1.165, 1.54) is 0 Å². The number of nitrogens with zero attached hydrogens (tertiary/aromatic N) is 3. The lowest BCUT2D eigenvalue weighted by Gasteiger charge is -2.20. The van der Waals surface area contributed by atoms with Crippen LogP contribution in [-0.2, 0) is 37.0 Å². The second kappa shape index (κ2) is 11.0. The molecule has 1 aromatic carbocycles. The number of anilines is 1. The topological polar surface area (TPSA) is 125 Å². The number of pyridine rings is 1. The standard InChI is InChI=1S/C22H29N4O6P/c1-4-30-9-16-24-19-20(26(16)12-22(2,3)29)14-7-5-6-8-15(14)23-21(19)25-17(27)10-31-11-18(28)32-13-33/h5-8,29H,4,9-13,33H2,1-3H3,(H,23,25,27). The third-order valence-electron chi connectivity index (χ3n) is 4.60. The summed E-state index contributed by atoms with van der Waals surface area (Å²) in [5, 5.41) is 14.1. The maximum absolute atomic E-state index is 12.5. The molecule has 0 aliphatic carbocycles. The smallest absolute Gasteiger partial charge is 0.332 e. The quantitative estimate of drug-likeness (QED) is 0.319. The van der Waals surface area contributed by atoms with E-state index < -0.39 is 17.5 Å². The summed E-state index contributed by atoms with van der Waals surface area (Å²) in [4.78, 5) is 33.2. The van der Waals surface area contributed by atoms with E-state index in [1.807, 2.05) is 35.8 Å². The maximum atomic E-state index is 12.5. The minimum atomic E-state index is -1.01. The number of carbonyl (C=O) groups is 2. The first kappa shape index (κ1) is 25.0. The van der Waals surface area contributed by atoms with Gasteiger partial charge in [-0.3, -0.25) is 4.79 Å². The SMILES string of the molecule is CCOCc1nc2c(NC(=O)COCC(=O)OCP)nc3ccccc3c2n1CC(C)(C)O. The number of aromatic nitrogens is 3. The van der Waals surface area contributed by atoms with E-state index in [0.717, 1.165) is 10.9 Å². The minimum Gasteiger partial charge on any atom is -0.460 e. The number of amides is 1. The molecule has 0 saturated heterocycles. The number of aliphatic hydroxyl groups is 1. The summed E-state index contributed by atoms with van der Waals surface area (Å²) in [6.45, 7) is 5.66. The van der Waals surface area contributed by atoms with Gasteiger partial charge in [0.1, 0.15) is 37.5 Å². The van der Waals surface area contributed by atoms with Gasteiger partial charge < -0.3 is 29.2 Å². The number of benzene rings is 1.